The fraction of sp³-hybridized carbons (Fsp3) is 0.250. The Labute approximate surface area is 177 Å². The molecule has 28 heavy (non-hydrogen) atoms. The van der Waals surface area contributed by atoms with Gasteiger partial charge in [0.05, 0.1) is 0 Å². The third kappa shape index (κ3) is 6.56. The smallest absolute Gasteiger partial charge is 0.124 e. The van der Waals surface area contributed by atoms with Crippen LogP contribution in [0.2, 0.25) is 10.0 Å². The Morgan fingerprint density at radius 1 is 0.857 bits per heavy atom. The lowest BCUT2D eigenvalue weighted by atomic mass is 10.1. The third-order valence-corrected chi connectivity index (χ3v) is 5.17. The minimum Gasteiger partial charge on any atom is -0.489 e. The van der Waals surface area contributed by atoms with Gasteiger partial charge in [0, 0.05) is 28.2 Å². The van der Waals surface area contributed by atoms with E-state index in [1.807, 2.05) is 42.5 Å². The largest absolute Gasteiger partial charge is 0.489 e. The normalized spacial score (nSPS) is 12.0. The van der Waals surface area contributed by atoms with Crippen LogP contribution in [0.15, 0.2) is 72.8 Å². The first-order valence-corrected chi connectivity index (χ1v) is 10.3. The lowest BCUT2D eigenvalue weighted by Crippen LogP contribution is -2.26. The van der Waals surface area contributed by atoms with Crippen molar-refractivity contribution in [3.8, 4) is 5.75 Å². The third-order valence-electron chi connectivity index (χ3n) is 4.68. The summed E-state index contributed by atoms with van der Waals surface area (Å²) in [7, 11) is 0. The van der Waals surface area contributed by atoms with E-state index >= 15 is 0 Å². The summed E-state index contributed by atoms with van der Waals surface area (Å²) < 4.78 is 6.04. The molecule has 0 aliphatic carbocycles. The molecule has 0 bridgehead atoms. The summed E-state index contributed by atoms with van der Waals surface area (Å²) in [6.07, 6.45) is 2.13. The van der Waals surface area contributed by atoms with Crippen LogP contribution >= 0.6 is 23.2 Å². The zero-order valence-electron chi connectivity index (χ0n) is 16.0. The van der Waals surface area contributed by atoms with Crippen molar-refractivity contribution in [2.75, 3.05) is 0 Å². The van der Waals surface area contributed by atoms with Crippen molar-refractivity contribution >= 4 is 23.2 Å². The van der Waals surface area contributed by atoms with E-state index in [1.54, 1.807) is 0 Å². The maximum atomic E-state index is 6.21. The SMILES string of the molecule is C[C@@H](CCc1ccccc1)NCc1cc(Cl)ccc1OCc1ccc(Cl)cc1. The summed E-state index contributed by atoms with van der Waals surface area (Å²) >= 11 is 12.2. The standard InChI is InChI=1S/C24H25Cl2NO/c1-18(7-8-19-5-3-2-4-6-19)27-16-21-15-23(26)13-14-24(21)28-17-20-9-11-22(25)12-10-20/h2-6,9-15,18,27H,7-8,16-17H2,1H3/t18-/m0/s1. The molecule has 2 nitrogen and oxygen atoms in total. The van der Waals surface area contributed by atoms with E-state index in [4.69, 9.17) is 27.9 Å². The van der Waals surface area contributed by atoms with Gasteiger partial charge >= 0.3 is 0 Å². The van der Waals surface area contributed by atoms with Crippen LogP contribution in [0.3, 0.4) is 0 Å². The Bertz CT molecular complexity index is 866. The molecule has 1 atom stereocenters. The highest BCUT2D eigenvalue weighted by Gasteiger charge is 2.08. The van der Waals surface area contributed by atoms with Gasteiger partial charge in [0.2, 0.25) is 0 Å². The molecular formula is C24H25Cl2NO. The molecule has 0 saturated carbocycles. The first kappa shape index (κ1) is 20.7. The van der Waals surface area contributed by atoms with Crippen LogP contribution in [0.5, 0.6) is 5.75 Å². The molecular weight excluding hydrogens is 389 g/mol. The van der Waals surface area contributed by atoms with Crippen LogP contribution < -0.4 is 10.1 Å². The Morgan fingerprint density at radius 2 is 1.57 bits per heavy atom. The Balaban J connectivity index is 1.55. The van der Waals surface area contributed by atoms with E-state index in [2.05, 4.69) is 42.6 Å². The fourth-order valence-electron chi connectivity index (χ4n) is 2.98. The van der Waals surface area contributed by atoms with Crippen molar-refractivity contribution in [3.05, 3.63) is 99.5 Å². The number of hydrogen-bond donors (Lipinski definition) is 1. The van der Waals surface area contributed by atoms with E-state index < -0.39 is 0 Å². The second kappa shape index (κ2) is 10.5. The lowest BCUT2D eigenvalue weighted by molar-refractivity contribution is 0.301. The Morgan fingerprint density at radius 3 is 2.32 bits per heavy atom. The number of ether oxygens (including phenoxy) is 1. The topological polar surface area (TPSA) is 21.3 Å². The summed E-state index contributed by atoms with van der Waals surface area (Å²) in [6.45, 7) is 3.42. The van der Waals surface area contributed by atoms with Gasteiger partial charge in [0.25, 0.3) is 0 Å². The first-order valence-electron chi connectivity index (χ1n) is 9.53. The average Bonchev–Trinajstić information content (AvgIpc) is 2.72. The molecule has 0 aliphatic heterocycles. The highest BCUT2D eigenvalue weighted by atomic mass is 35.5. The van der Waals surface area contributed by atoms with Crippen molar-refractivity contribution < 1.29 is 4.74 Å². The average molecular weight is 414 g/mol. The first-order chi connectivity index (χ1) is 13.6. The van der Waals surface area contributed by atoms with Crippen LogP contribution in [0.4, 0.5) is 0 Å². The molecule has 0 aliphatic rings. The number of halogens is 2. The number of hydrogen-bond acceptors (Lipinski definition) is 2. The maximum Gasteiger partial charge on any atom is 0.124 e. The number of nitrogens with one attached hydrogen (secondary N) is 1. The summed E-state index contributed by atoms with van der Waals surface area (Å²) in [6, 6.07) is 24.4. The minimum absolute atomic E-state index is 0.392. The molecule has 3 rings (SSSR count). The molecule has 0 aromatic heterocycles. The Hall–Kier alpha value is -2.00. The van der Waals surface area contributed by atoms with E-state index in [0.29, 0.717) is 24.2 Å². The monoisotopic (exact) mass is 413 g/mol. The molecule has 1 N–H and O–H groups in total. The van der Waals surface area contributed by atoms with E-state index in [1.165, 1.54) is 5.56 Å². The second-order valence-corrected chi connectivity index (χ2v) is 7.85. The quantitative estimate of drug-likeness (QED) is 0.422. The number of rotatable bonds is 9. The van der Waals surface area contributed by atoms with Crippen molar-refractivity contribution in [2.45, 2.75) is 39.0 Å². The fourth-order valence-corrected chi connectivity index (χ4v) is 3.30. The molecule has 0 spiro atoms. The predicted octanol–water partition coefficient (Wildman–Crippen LogP) is 6.68. The molecule has 3 aromatic rings. The van der Waals surface area contributed by atoms with Crippen LogP contribution in [0.1, 0.15) is 30.0 Å². The van der Waals surface area contributed by atoms with Gasteiger partial charge in [-0.2, -0.15) is 0 Å². The van der Waals surface area contributed by atoms with Crippen LogP contribution in [0.25, 0.3) is 0 Å². The van der Waals surface area contributed by atoms with Gasteiger partial charge in [0.15, 0.2) is 0 Å². The van der Waals surface area contributed by atoms with Crippen molar-refractivity contribution in [1.29, 1.82) is 0 Å². The van der Waals surface area contributed by atoms with Crippen LogP contribution in [-0.2, 0) is 19.6 Å². The summed E-state index contributed by atoms with van der Waals surface area (Å²) in [5, 5.41) is 5.03. The molecule has 0 heterocycles. The molecule has 4 heteroatoms. The van der Waals surface area contributed by atoms with Crippen LogP contribution in [0, 0.1) is 0 Å². The van der Waals surface area contributed by atoms with E-state index in [9.17, 15) is 0 Å². The molecule has 146 valence electrons. The molecule has 0 amide bonds. The van der Waals surface area contributed by atoms with Gasteiger partial charge in [0.1, 0.15) is 12.4 Å². The van der Waals surface area contributed by atoms with Crippen molar-refractivity contribution in [1.82, 2.24) is 5.32 Å². The van der Waals surface area contributed by atoms with Gasteiger partial charge in [-0.1, -0.05) is 65.7 Å². The molecule has 0 radical (unpaired) electrons. The second-order valence-electron chi connectivity index (χ2n) is 6.97. The van der Waals surface area contributed by atoms with Gasteiger partial charge in [-0.25, -0.2) is 0 Å². The molecule has 0 unspecified atom stereocenters. The zero-order chi connectivity index (χ0) is 19.8. The van der Waals surface area contributed by atoms with E-state index in [-0.39, 0.29) is 0 Å². The summed E-state index contributed by atoms with van der Waals surface area (Å²) in [5.41, 5.74) is 3.51. The molecule has 0 fully saturated rings. The molecule has 0 saturated heterocycles. The van der Waals surface area contributed by atoms with Gasteiger partial charge in [-0.15, -0.1) is 0 Å². The van der Waals surface area contributed by atoms with Gasteiger partial charge in [-0.3, -0.25) is 0 Å². The Kier molecular flexibility index (Phi) is 7.79. The number of benzene rings is 3. The lowest BCUT2D eigenvalue weighted by Gasteiger charge is -2.17. The zero-order valence-corrected chi connectivity index (χ0v) is 17.5. The highest BCUT2D eigenvalue weighted by Crippen LogP contribution is 2.24. The van der Waals surface area contributed by atoms with Crippen molar-refractivity contribution in [3.63, 3.8) is 0 Å². The van der Waals surface area contributed by atoms with E-state index in [0.717, 1.165) is 34.7 Å². The van der Waals surface area contributed by atoms with Crippen LogP contribution in [-0.4, -0.2) is 6.04 Å². The highest BCUT2D eigenvalue weighted by molar-refractivity contribution is 6.30. The maximum absolute atomic E-state index is 6.21. The summed E-state index contributed by atoms with van der Waals surface area (Å²) in [5.74, 6) is 0.849. The van der Waals surface area contributed by atoms with Crippen molar-refractivity contribution in [2.24, 2.45) is 0 Å². The summed E-state index contributed by atoms with van der Waals surface area (Å²) in [4.78, 5) is 0. The minimum atomic E-state index is 0.392. The van der Waals surface area contributed by atoms with Gasteiger partial charge in [-0.05, 0) is 61.2 Å². The predicted molar refractivity (Wildman–Crippen MR) is 118 cm³/mol. The molecule has 3 aromatic carbocycles. The van der Waals surface area contributed by atoms with Gasteiger partial charge < -0.3 is 10.1 Å². The number of aryl methyl sites for hydroxylation is 1.